The van der Waals surface area contributed by atoms with E-state index in [0.29, 0.717) is 0 Å². The van der Waals surface area contributed by atoms with Crippen molar-refractivity contribution in [2.75, 3.05) is 0 Å². The van der Waals surface area contributed by atoms with Crippen LogP contribution in [0.25, 0.3) is 0 Å². The van der Waals surface area contributed by atoms with Gasteiger partial charge in [-0.2, -0.15) is 0 Å². The van der Waals surface area contributed by atoms with Crippen molar-refractivity contribution in [3.8, 4) is 0 Å². The summed E-state index contributed by atoms with van der Waals surface area (Å²) in [5.41, 5.74) is 0. The summed E-state index contributed by atoms with van der Waals surface area (Å²) >= 11 is 0. The molecule has 0 saturated heterocycles. The van der Waals surface area contributed by atoms with E-state index in [1.54, 1.807) is 0 Å². The van der Waals surface area contributed by atoms with Crippen molar-refractivity contribution in [1.29, 1.82) is 0 Å². The van der Waals surface area contributed by atoms with Crippen LogP contribution in [0.4, 0.5) is 0 Å². The second kappa shape index (κ2) is 49.8. The summed E-state index contributed by atoms with van der Waals surface area (Å²) in [6, 6.07) is 0. The molecule has 0 aliphatic heterocycles. The number of rotatable bonds is 0. The summed E-state index contributed by atoms with van der Waals surface area (Å²) in [5, 5.41) is 0. The molecule has 21 heteroatoms. The molecule has 0 radical (unpaired) electrons. The fraction of sp³-hybridized carbons (Fsp3) is 0. The third kappa shape index (κ3) is 11000. The van der Waals surface area contributed by atoms with Gasteiger partial charge in [0.05, 0.1) is 0 Å². The van der Waals surface area contributed by atoms with E-state index >= 15 is 0 Å². The van der Waals surface area contributed by atoms with Gasteiger partial charge in [0.2, 0.25) is 0 Å². The first-order chi connectivity index (χ1) is 4.00. The van der Waals surface area contributed by atoms with Gasteiger partial charge in [0, 0.05) is 0 Å². The Labute approximate surface area is 140 Å². The van der Waals surface area contributed by atoms with E-state index in [2.05, 4.69) is 0 Å². The van der Waals surface area contributed by atoms with Crippen molar-refractivity contribution in [2.45, 2.75) is 0 Å². The van der Waals surface area contributed by atoms with Crippen molar-refractivity contribution >= 4 is 15.6 Å². The van der Waals surface area contributed by atoms with E-state index < -0.39 is 15.6 Å². The minimum Gasteiger partial charge on any atom is -1.00 e. The van der Waals surface area contributed by atoms with Crippen LogP contribution in [0.5, 0.6) is 0 Å². The van der Waals surface area contributed by atoms with Gasteiger partial charge < -0.3 is 85.5 Å². The molecule has 0 aromatic rings. The Balaban J connectivity index is -0.00000000314. The molecule has 146 valence electrons. The maximum Gasteiger partial charge on any atom is 1.00 e. The van der Waals surface area contributed by atoms with Crippen molar-refractivity contribution in [3.63, 3.8) is 0 Å². The number of phosphoric acid groups is 2. The van der Waals surface area contributed by atoms with Gasteiger partial charge in [-0.25, -0.2) is 9.13 Å². The zero-order chi connectivity index (χ0) is 9.00. The summed E-state index contributed by atoms with van der Waals surface area (Å²) in [5.74, 6) is 0. The van der Waals surface area contributed by atoms with Crippen LogP contribution in [0, 0.1) is 0 Å². The van der Waals surface area contributed by atoms with Gasteiger partial charge in [-0.3, -0.25) is 0 Å². The first kappa shape index (κ1) is 122. The molecular weight excluding hydrogens is 373 g/mol. The normalized spacial score (nSPS) is 5.62. The molecular formula is H27NaO18P2. The summed E-state index contributed by atoms with van der Waals surface area (Å²) < 4.78 is 17.8. The molecule has 0 aromatic carbocycles. The van der Waals surface area contributed by atoms with Crippen molar-refractivity contribution in [2.24, 2.45) is 0 Å². The Kier molecular flexibility index (Phi) is 288. The van der Waals surface area contributed by atoms with Gasteiger partial charge in [0.15, 0.2) is 0 Å². The Bertz CT molecular complexity index is 133. The molecule has 0 saturated carbocycles. The van der Waals surface area contributed by atoms with Gasteiger partial charge in [-0.1, -0.05) is 0 Å². The maximum atomic E-state index is 8.88. The molecule has 0 atom stereocenters. The van der Waals surface area contributed by atoms with E-state index in [9.17, 15) is 0 Å². The van der Waals surface area contributed by atoms with Gasteiger partial charge in [0.1, 0.15) is 0 Å². The third-order valence-corrected chi connectivity index (χ3v) is 0. The zero-order valence-electron chi connectivity index (χ0n) is 11.4. The number of hydrogen-bond donors (Lipinski definition) is 6. The first-order valence-electron chi connectivity index (χ1n) is 1.57. The molecule has 0 aromatic heterocycles. The SMILES string of the molecule is O.O.O.O.O.O.O.O.O.O.O=P(O)(O)O.O=P(O)(O)O.[H-].[Na+]. The Hall–Kier alpha value is 0.820. The van der Waals surface area contributed by atoms with Gasteiger partial charge >= 0.3 is 45.2 Å². The topological polar surface area (TPSA) is 471 Å². The predicted molar refractivity (Wildman–Crippen MR) is 65.8 cm³/mol. The van der Waals surface area contributed by atoms with Gasteiger partial charge in [-0.05, 0) is 0 Å². The van der Waals surface area contributed by atoms with Crippen LogP contribution < -0.4 is 29.6 Å². The Morgan fingerprint density at radius 1 is 0.429 bits per heavy atom. The predicted octanol–water partition coefficient (Wildman–Crippen LogP) is -13.0. The summed E-state index contributed by atoms with van der Waals surface area (Å²) in [7, 11) is -9.28. The van der Waals surface area contributed by atoms with Crippen LogP contribution in [0.2, 0.25) is 0 Å². The summed E-state index contributed by atoms with van der Waals surface area (Å²) in [4.78, 5) is 43.1. The number of hydrogen-bond acceptors (Lipinski definition) is 2. The molecule has 0 unspecified atom stereocenters. The zero-order valence-corrected chi connectivity index (χ0v) is 14.2. The summed E-state index contributed by atoms with van der Waals surface area (Å²) in [6.45, 7) is 0. The Morgan fingerprint density at radius 2 is 0.429 bits per heavy atom. The largest absolute Gasteiger partial charge is 1.00 e. The standard InChI is InChI=1S/Na.2H3O4P.10H2O.H/c;2*1-5(2,3)4;;;;;;;;;;;/h;2*(H3,1,2,3,4);10*1H2;/q+1;;;;;;;;;;;;;-1. The Morgan fingerprint density at radius 3 is 0.429 bits per heavy atom. The van der Waals surface area contributed by atoms with E-state index in [1.165, 1.54) is 0 Å². The van der Waals surface area contributed by atoms with Crippen molar-refractivity contribution in [1.82, 2.24) is 0 Å². The summed E-state index contributed by atoms with van der Waals surface area (Å²) in [6.07, 6.45) is 0. The molecule has 0 spiro atoms. The van der Waals surface area contributed by atoms with E-state index in [4.69, 9.17) is 38.5 Å². The maximum absolute atomic E-state index is 8.88. The fourth-order valence-corrected chi connectivity index (χ4v) is 0. The molecule has 21 heavy (non-hydrogen) atoms. The van der Waals surface area contributed by atoms with Crippen LogP contribution in [0.3, 0.4) is 0 Å². The average Bonchev–Trinajstić information content (AvgIpc) is 1.12. The van der Waals surface area contributed by atoms with Gasteiger partial charge in [0.25, 0.3) is 0 Å². The minimum atomic E-state index is -4.64. The van der Waals surface area contributed by atoms with E-state index in [0.717, 1.165) is 0 Å². The average molecular weight is 400 g/mol. The first-order valence-corrected chi connectivity index (χ1v) is 4.70. The second-order valence-electron chi connectivity index (χ2n) is 1.03. The molecule has 0 aliphatic carbocycles. The minimum absolute atomic E-state index is 0. The van der Waals surface area contributed by atoms with Crippen LogP contribution in [0.1, 0.15) is 1.43 Å². The molecule has 26 N–H and O–H groups in total. The fourth-order valence-electron chi connectivity index (χ4n) is 0. The van der Waals surface area contributed by atoms with E-state index in [-0.39, 0.29) is 85.7 Å². The van der Waals surface area contributed by atoms with Crippen LogP contribution >= 0.6 is 15.6 Å². The molecule has 0 bridgehead atoms. The molecule has 0 fully saturated rings. The monoisotopic (exact) mass is 400 g/mol. The van der Waals surface area contributed by atoms with Crippen molar-refractivity contribution < 1.29 is 124 Å². The van der Waals surface area contributed by atoms with Crippen molar-refractivity contribution in [3.05, 3.63) is 0 Å². The van der Waals surface area contributed by atoms with Crippen LogP contribution in [0.15, 0.2) is 0 Å². The van der Waals surface area contributed by atoms with Gasteiger partial charge in [-0.15, -0.1) is 0 Å². The van der Waals surface area contributed by atoms with E-state index in [1.807, 2.05) is 0 Å². The molecule has 0 aliphatic rings. The molecule has 18 nitrogen and oxygen atoms in total. The smallest absolute Gasteiger partial charge is 1.00 e. The quantitative estimate of drug-likeness (QED) is 0.167. The molecule has 0 heterocycles. The van der Waals surface area contributed by atoms with Crippen LogP contribution in [-0.2, 0) is 9.13 Å². The molecule has 0 rings (SSSR count). The second-order valence-corrected chi connectivity index (χ2v) is 3.08. The molecule has 0 amide bonds. The third-order valence-electron chi connectivity index (χ3n) is 0. The van der Waals surface area contributed by atoms with Crippen LogP contribution in [-0.4, -0.2) is 84.1 Å².